The summed E-state index contributed by atoms with van der Waals surface area (Å²) in [7, 11) is 4.72. The number of methoxy groups -OCH3 is 3. The lowest BCUT2D eigenvalue weighted by molar-refractivity contribution is 0.102. The number of hydrogen-bond donors (Lipinski definition) is 0. The van der Waals surface area contributed by atoms with Gasteiger partial charge in [0.2, 0.25) is 0 Å². The maximum absolute atomic E-state index is 12.8. The second-order valence-corrected chi connectivity index (χ2v) is 6.17. The second kappa shape index (κ2) is 7.19. The number of benzene rings is 2. The number of carbonyl (C=O) groups is 1. The third-order valence-corrected chi connectivity index (χ3v) is 4.59. The van der Waals surface area contributed by atoms with E-state index in [2.05, 4.69) is 0 Å². The smallest absolute Gasteiger partial charge is 0.189 e. The van der Waals surface area contributed by atoms with Crippen LogP contribution < -0.4 is 14.2 Å². The van der Waals surface area contributed by atoms with E-state index < -0.39 is 0 Å². The Balaban J connectivity index is 1.97. The third kappa shape index (κ3) is 3.35. The van der Waals surface area contributed by atoms with E-state index in [0.717, 1.165) is 34.4 Å². The van der Waals surface area contributed by atoms with Crippen molar-refractivity contribution >= 4 is 23.5 Å². The lowest BCUT2D eigenvalue weighted by Crippen LogP contribution is -2.14. The summed E-state index contributed by atoms with van der Waals surface area (Å²) in [5, 5.41) is 0.446. The number of ketones is 1. The molecule has 0 unspecified atom stereocenters. The van der Waals surface area contributed by atoms with E-state index in [-0.39, 0.29) is 5.78 Å². The van der Waals surface area contributed by atoms with Gasteiger partial charge in [0.05, 0.1) is 26.4 Å². The van der Waals surface area contributed by atoms with Gasteiger partial charge in [-0.2, -0.15) is 0 Å². The number of aryl methyl sites for hydroxylation is 1. The number of fused-ring (bicyclic) bond motifs is 1. The molecule has 0 saturated heterocycles. The Morgan fingerprint density at radius 2 is 1.80 bits per heavy atom. The summed E-state index contributed by atoms with van der Waals surface area (Å²) >= 11 is 6.25. The van der Waals surface area contributed by atoms with E-state index in [9.17, 15) is 4.79 Å². The molecule has 1 aliphatic carbocycles. The number of halogens is 1. The highest BCUT2D eigenvalue weighted by Crippen LogP contribution is 2.37. The zero-order valence-electron chi connectivity index (χ0n) is 14.4. The van der Waals surface area contributed by atoms with Crippen LogP contribution in [0, 0.1) is 0 Å². The summed E-state index contributed by atoms with van der Waals surface area (Å²) in [6, 6.07) is 9.15. The molecule has 25 heavy (non-hydrogen) atoms. The van der Waals surface area contributed by atoms with Crippen molar-refractivity contribution in [2.24, 2.45) is 0 Å². The molecule has 130 valence electrons. The molecule has 4 nitrogen and oxygen atoms in total. The van der Waals surface area contributed by atoms with Crippen LogP contribution in [0.1, 0.15) is 27.9 Å². The van der Waals surface area contributed by atoms with E-state index in [1.54, 1.807) is 20.3 Å². The summed E-state index contributed by atoms with van der Waals surface area (Å²) < 4.78 is 15.8. The van der Waals surface area contributed by atoms with E-state index >= 15 is 0 Å². The van der Waals surface area contributed by atoms with Crippen molar-refractivity contribution < 1.29 is 19.0 Å². The molecule has 2 aromatic rings. The van der Waals surface area contributed by atoms with Gasteiger partial charge < -0.3 is 14.2 Å². The highest BCUT2D eigenvalue weighted by atomic mass is 35.5. The van der Waals surface area contributed by atoms with Gasteiger partial charge in [0.1, 0.15) is 5.75 Å². The summed E-state index contributed by atoms with van der Waals surface area (Å²) in [5.41, 5.74) is 3.31. The molecule has 1 aliphatic rings. The summed E-state index contributed by atoms with van der Waals surface area (Å²) in [4.78, 5) is 12.8. The highest BCUT2D eigenvalue weighted by molar-refractivity contribution is 6.32. The molecule has 0 spiro atoms. The molecule has 0 amide bonds. The first-order chi connectivity index (χ1) is 12.1. The van der Waals surface area contributed by atoms with Gasteiger partial charge in [-0.15, -0.1) is 0 Å². The van der Waals surface area contributed by atoms with Crippen LogP contribution in [0.15, 0.2) is 35.9 Å². The molecule has 0 bridgehead atoms. The minimum absolute atomic E-state index is 0.0369. The SMILES string of the molecule is COc1ccc2c(c1)CC/C(=C/c1cc(Cl)c(OC)c(OC)c1)C2=O. The summed E-state index contributed by atoms with van der Waals surface area (Å²) in [5.74, 6) is 1.83. The second-order valence-electron chi connectivity index (χ2n) is 5.76. The first-order valence-electron chi connectivity index (χ1n) is 7.91. The van der Waals surface area contributed by atoms with Gasteiger partial charge in [-0.25, -0.2) is 0 Å². The number of Topliss-reactive ketones (excluding diaryl/α,β-unsaturated/α-hetero) is 1. The Hall–Kier alpha value is -2.46. The lowest BCUT2D eigenvalue weighted by atomic mass is 9.86. The van der Waals surface area contributed by atoms with Crippen LogP contribution in [0.2, 0.25) is 5.02 Å². The Morgan fingerprint density at radius 3 is 2.48 bits per heavy atom. The fourth-order valence-corrected chi connectivity index (χ4v) is 3.34. The van der Waals surface area contributed by atoms with Crippen molar-refractivity contribution in [2.45, 2.75) is 12.8 Å². The first kappa shape index (κ1) is 17.4. The molecule has 0 atom stereocenters. The van der Waals surface area contributed by atoms with Crippen LogP contribution >= 0.6 is 11.6 Å². The van der Waals surface area contributed by atoms with Crippen molar-refractivity contribution in [3.05, 3.63) is 57.6 Å². The minimum Gasteiger partial charge on any atom is -0.497 e. The van der Waals surface area contributed by atoms with Crippen LogP contribution in [-0.4, -0.2) is 27.1 Å². The number of allylic oxidation sites excluding steroid dienone is 1. The third-order valence-electron chi connectivity index (χ3n) is 4.31. The van der Waals surface area contributed by atoms with Gasteiger partial charge in [0.15, 0.2) is 17.3 Å². The van der Waals surface area contributed by atoms with Crippen molar-refractivity contribution in [3.8, 4) is 17.2 Å². The molecule has 0 aromatic heterocycles. The molecule has 3 rings (SSSR count). The standard InChI is InChI=1S/C20H19ClO4/c1-23-15-6-7-16-13(11-15)4-5-14(19(16)22)8-12-9-17(21)20(25-3)18(10-12)24-2/h6-11H,4-5H2,1-3H3/b14-8-. The maximum Gasteiger partial charge on any atom is 0.189 e. The predicted octanol–water partition coefficient (Wildman–Crippen LogP) is 4.58. The summed E-state index contributed by atoms with van der Waals surface area (Å²) in [6.07, 6.45) is 3.33. The monoisotopic (exact) mass is 358 g/mol. The van der Waals surface area contributed by atoms with Gasteiger partial charge in [-0.05, 0) is 60.4 Å². The molecule has 5 heteroatoms. The Labute approximate surface area is 152 Å². The zero-order valence-corrected chi connectivity index (χ0v) is 15.1. The van der Waals surface area contributed by atoms with E-state index in [4.69, 9.17) is 25.8 Å². The first-order valence-corrected chi connectivity index (χ1v) is 8.29. The quantitative estimate of drug-likeness (QED) is 0.750. The Bertz CT molecular complexity index is 855. The highest BCUT2D eigenvalue weighted by Gasteiger charge is 2.22. The molecule has 0 radical (unpaired) electrons. The number of rotatable bonds is 4. The molecular formula is C20H19ClO4. The molecule has 0 saturated carbocycles. The Morgan fingerprint density at radius 1 is 1.00 bits per heavy atom. The maximum atomic E-state index is 12.8. The van der Waals surface area contributed by atoms with Gasteiger partial charge in [-0.1, -0.05) is 11.6 Å². The van der Waals surface area contributed by atoms with Crippen molar-refractivity contribution in [2.75, 3.05) is 21.3 Å². The number of ether oxygens (including phenoxy) is 3. The van der Waals surface area contributed by atoms with Crippen LogP contribution in [0.4, 0.5) is 0 Å². The van der Waals surface area contributed by atoms with E-state index in [0.29, 0.717) is 22.9 Å². The molecule has 0 heterocycles. The largest absolute Gasteiger partial charge is 0.497 e. The van der Waals surface area contributed by atoms with Crippen LogP contribution in [-0.2, 0) is 6.42 Å². The fraction of sp³-hybridized carbons (Fsp3) is 0.250. The molecular weight excluding hydrogens is 340 g/mol. The fourth-order valence-electron chi connectivity index (χ4n) is 3.04. The number of carbonyl (C=O) groups excluding carboxylic acids is 1. The molecule has 2 aromatic carbocycles. The van der Waals surface area contributed by atoms with Crippen molar-refractivity contribution in [3.63, 3.8) is 0 Å². The van der Waals surface area contributed by atoms with E-state index in [1.165, 1.54) is 7.11 Å². The van der Waals surface area contributed by atoms with Crippen LogP contribution in [0.3, 0.4) is 0 Å². The molecule has 0 N–H and O–H groups in total. The average Bonchev–Trinajstić information content (AvgIpc) is 2.63. The predicted molar refractivity (Wildman–Crippen MR) is 98.2 cm³/mol. The van der Waals surface area contributed by atoms with Crippen molar-refractivity contribution in [1.82, 2.24) is 0 Å². The number of hydrogen-bond acceptors (Lipinski definition) is 4. The van der Waals surface area contributed by atoms with Gasteiger partial charge in [0.25, 0.3) is 0 Å². The minimum atomic E-state index is 0.0369. The van der Waals surface area contributed by atoms with Gasteiger partial charge in [0, 0.05) is 11.1 Å². The average molecular weight is 359 g/mol. The Kier molecular flexibility index (Phi) is 5.00. The van der Waals surface area contributed by atoms with Gasteiger partial charge in [-0.3, -0.25) is 4.79 Å². The zero-order chi connectivity index (χ0) is 18.0. The summed E-state index contributed by atoms with van der Waals surface area (Å²) in [6.45, 7) is 0. The van der Waals surface area contributed by atoms with Crippen LogP contribution in [0.5, 0.6) is 17.2 Å². The lowest BCUT2D eigenvalue weighted by Gasteiger charge is -2.18. The molecule has 0 fully saturated rings. The van der Waals surface area contributed by atoms with Gasteiger partial charge >= 0.3 is 0 Å². The topological polar surface area (TPSA) is 44.8 Å². The normalized spacial score (nSPS) is 15.0. The van der Waals surface area contributed by atoms with Crippen LogP contribution in [0.25, 0.3) is 6.08 Å². The van der Waals surface area contributed by atoms with E-state index in [1.807, 2.05) is 30.3 Å². The molecule has 0 aliphatic heterocycles. The van der Waals surface area contributed by atoms with Crippen molar-refractivity contribution in [1.29, 1.82) is 0 Å².